The Kier molecular flexibility index (Phi) is 6.31. The molecule has 0 unspecified atom stereocenters. The highest BCUT2D eigenvalue weighted by Crippen LogP contribution is 2.35. The number of alkyl halides is 3. The van der Waals surface area contributed by atoms with E-state index in [1.807, 2.05) is 13.8 Å². The van der Waals surface area contributed by atoms with Crippen molar-refractivity contribution in [2.24, 2.45) is 5.41 Å². The predicted octanol–water partition coefficient (Wildman–Crippen LogP) is 6.69. The summed E-state index contributed by atoms with van der Waals surface area (Å²) in [4.78, 5) is 24.2. The minimum atomic E-state index is -4.51. The van der Waals surface area contributed by atoms with E-state index < -0.39 is 17.8 Å². The fourth-order valence-electron chi connectivity index (χ4n) is 3.41. The number of rotatable bonds is 4. The van der Waals surface area contributed by atoms with Crippen LogP contribution >= 0.6 is 11.6 Å². The second kappa shape index (κ2) is 8.63. The van der Waals surface area contributed by atoms with Crippen LogP contribution in [0.2, 0.25) is 5.02 Å². The normalized spacial score (nSPS) is 15.8. The topological polar surface area (TPSA) is 70.2 Å². The van der Waals surface area contributed by atoms with Crippen molar-refractivity contribution in [2.45, 2.75) is 32.9 Å². The second-order valence-electron chi connectivity index (χ2n) is 8.16. The zero-order valence-corrected chi connectivity index (χ0v) is 17.6. The molecule has 3 N–H and O–H groups in total. The van der Waals surface area contributed by atoms with Crippen LogP contribution in [0.15, 0.2) is 54.2 Å². The van der Waals surface area contributed by atoms with Crippen molar-refractivity contribution >= 4 is 40.5 Å². The summed E-state index contributed by atoms with van der Waals surface area (Å²) in [7, 11) is 0. The van der Waals surface area contributed by atoms with E-state index in [1.54, 1.807) is 18.2 Å². The van der Waals surface area contributed by atoms with Crippen molar-refractivity contribution < 1.29 is 22.8 Å². The third-order valence-electron chi connectivity index (χ3n) is 4.57. The molecule has 5 nitrogen and oxygen atoms in total. The highest BCUT2D eigenvalue weighted by Gasteiger charge is 2.30. The van der Waals surface area contributed by atoms with Gasteiger partial charge in [0.15, 0.2) is 5.78 Å². The first-order valence-electron chi connectivity index (χ1n) is 9.46. The van der Waals surface area contributed by atoms with Gasteiger partial charge in [-0.25, -0.2) is 4.79 Å². The SMILES string of the molecule is CC1(C)CC(=O)C=C(Nc2cc(Cl)cc(NC(=O)Nc3cccc(C(F)(F)F)c3)c2)C1. The molecule has 0 fully saturated rings. The second-order valence-corrected chi connectivity index (χ2v) is 8.60. The molecular weight excluding hydrogens is 431 g/mol. The number of urea groups is 1. The summed E-state index contributed by atoms with van der Waals surface area (Å²) in [6.45, 7) is 4.01. The van der Waals surface area contributed by atoms with Crippen LogP contribution in [-0.2, 0) is 11.0 Å². The Labute approximate surface area is 182 Å². The minimum Gasteiger partial charge on any atom is -0.359 e. The van der Waals surface area contributed by atoms with Crippen molar-refractivity contribution in [3.63, 3.8) is 0 Å². The lowest BCUT2D eigenvalue weighted by Gasteiger charge is -2.29. The molecule has 31 heavy (non-hydrogen) atoms. The molecule has 0 aromatic heterocycles. The molecule has 0 radical (unpaired) electrons. The molecule has 0 saturated carbocycles. The number of benzene rings is 2. The third kappa shape index (κ3) is 6.49. The first-order valence-corrected chi connectivity index (χ1v) is 9.84. The van der Waals surface area contributed by atoms with Gasteiger partial charge >= 0.3 is 12.2 Å². The Balaban J connectivity index is 1.71. The monoisotopic (exact) mass is 451 g/mol. The average Bonchev–Trinajstić information content (AvgIpc) is 2.58. The zero-order valence-electron chi connectivity index (χ0n) is 16.9. The van der Waals surface area contributed by atoms with Crippen LogP contribution in [0.25, 0.3) is 0 Å². The lowest BCUT2D eigenvalue weighted by molar-refractivity contribution is -0.137. The molecule has 0 atom stereocenters. The van der Waals surface area contributed by atoms with Gasteiger partial charge in [0, 0.05) is 40.3 Å². The Hall–Kier alpha value is -3.00. The number of halogens is 4. The van der Waals surface area contributed by atoms with Crippen LogP contribution in [0.1, 0.15) is 32.3 Å². The molecular formula is C22H21ClF3N3O2. The predicted molar refractivity (Wildman–Crippen MR) is 115 cm³/mol. The molecule has 9 heteroatoms. The van der Waals surface area contributed by atoms with Crippen molar-refractivity contribution in [2.75, 3.05) is 16.0 Å². The van der Waals surface area contributed by atoms with E-state index >= 15 is 0 Å². The number of carbonyl (C=O) groups excluding carboxylic acids is 2. The lowest BCUT2D eigenvalue weighted by Crippen LogP contribution is -2.24. The first-order chi connectivity index (χ1) is 14.4. The summed E-state index contributed by atoms with van der Waals surface area (Å²) >= 11 is 6.14. The highest BCUT2D eigenvalue weighted by molar-refractivity contribution is 6.31. The first kappa shape index (κ1) is 22.7. The smallest absolute Gasteiger partial charge is 0.359 e. The average molecular weight is 452 g/mol. The van der Waals surface area contributed by atoms with Gasteiger partial charge in [-0.2, -0.15) is 13.2 Å². The molecule has 2 aromatic carbocycles. The van der Waals surface area contributed by atoms with Gasteiger partial charge in [0.1, 0.15) is 0 Å². The molecule has 0 saturated heterocycles. The number of amides is 2. The molecule has 164 valence electrons. The van der Waals surface area contributed by atoms with E-state index in [1.165, 1.54) is 18.2 Å². The molecule has 2 aromatic rings. The Morgan fingerprint density at radius 2 is 1.68 bits per heavy atom. The molecule has 0 heterocycles. The maximum Gasteiger partial charge on any atom is 0.416 e. The van der Waals surface area contributed by atoms with E-state index in [0.717, 1.165) is 17.8 Å². The van der Waals surface area contributed by atoms with Crippen LogP contribution < -0.4 is 16.0 Å². The van der Waals surface area contributed by atoms with Crippen LogP contribution in [0, 0.1) is 5.41 Å². The maximum absolute atomic E-state index is 12.8. The molecule has 0 aliphatic heterocycles. The van der Waals surface area contributed by atoms with Crippen LogP contribution in [-0.4, -0.2) is 11.8 Å². The summed E-state index contributed by atoms with van der Waals surface area (Å²) in [5.41, 5.74) is 0.611. The Morgan fingerprint density at radius 1 is 1.00 bits per heavy atom. The molecule has 0 bridgehead atoms. The number of allylic oxidation sites excluding steroid dienone is 2. The Bertz CT molecular complexity index is 1050. The van der Waals surface area contributed by atoms with E-state index in [4.69, 9.17) is 11.6 Å². The van der Waals surface area contributed by atoms with E-state index in [-0.39, 0.29) is 16.9 Å². The fraction of sp³-hybridized carbons (Fsp3) is 0.273. The summed E-state index contributed by atoms with van der Waals surface area (Å²) in [5, 5.41) is 8.41. The van der Waals surface area contributed by atoms with Crippen LogP contribution in [0.4, 0.5) is 35.0 Å². The lowest BCUT2D eigenvalue weighted by atomic mass is 9.79. The molecule has 2 amide bonds. The quantitative estimate of drug-likeness (QED) is 0.485. The number of anilines is 3. The summed E-state index contributed by atoms with van der Waals surface area (Å²) in [6.07, 6.45) is -1.81. The van der Waals surface area contributed by atoms with Gasteiger partial charge in [-0.05, 0) is 48.2 Å². The van der Waals surface area contributed by atoms with Crippen LogP contribution in [0.5, 0.6) is 0 Å². The number of ketones is 1. The number of carbonyl (C=O) groups is 2. The number of nitrogens with one attached hydrogen (secondary N) is 3. The Morgan fingerprint density at radius 3 is 2.35 bits per heavy atom. The van der Waals surface area contributed by atoms with E-state index in [2.05, 4.69) is 16.0 Å². The van der Waals surface area contributed by atoms with Crippen molar-refractivity contribution in [1.82, 2.24) is 0 Å². The minimum absolute atomic E-state index is 0.000747. The molecule has 1 aliphatic carbocycles. The van der Waals surface area contributed by atoms with Crippen LogP contribution in [0.3, 0.4) is 0 Å². The zero-order chi connectivity index (χ0) is 22.8. The van der Waals surface area contributed by atoms with Crippen molar-refractivity contribution in [3.05, 3.63) is 64.8 Å². The fourth-order valence-corrected chi connectivity index (χ4v) is 3.65. The van der Waals surface area contributed by atoms with E-state index in [9.17, 15) is 22.8 Å². The van der Waals surface area contributed by atoms with Crippen molar-refractivity contribution in [3.8, 4) is 0 Å². The van der Waals surface area contributed by atoms with Gasteiger partial charge in [-0.15, -0.1) is 0 Å². The number of hydrogen-bond acceptors (Lipinski definition) is 3. The molecule has 0 spiro atoms. The third-order valence-corrected chi connectivity index (χ3v) is 4.78. The van der Waals surface area contributed by atoms with Gasteiger partial charge < -0.3 is 16.0 Å². The standard InChI is InChI=1S/C22H21ClF3N3O2/c1-21(2)11-18(10-19(30)12-21)27-16-7-14(23)8-17(9-16)29-20(31)28-15-5-3-4-13(6-15)22(24,25)26/h3-10,27H,11-12H2,1-2H3,(H2,28,29,31). The van der Waals surface area contributed by atoms with Gasteiger partial charge in [-0.1, -0.05) is 31.5 Å². The highest BCUT2D eigenvalue weighted by atomic mass is 35.5. The van der Waals surface area contributed by atoms with Crippen molar-refractivity contribution in [1.29, 1.82) is 0 Å². The number of hydrogen-bond donors (Lipinski definition) is 3. The van der Waals surface area contributed by atoms with Gasteiger partial charge in [0.25, 0.3) is 0 Å². The summed E-state index contributed by atoms with van der Waals surface area (Å²) in [6, 6.07) is 8.37. The molecule has 3 rings (SSSR count). The largest absolute Gasteiger partial charge is 0.416 e. The summed E-state index contributed by atoms with van der Waals surface area (Å²) < 4.78 is 38.5. The maximum atomic E-state index is 12.8. The molecule has 1 aliphatic rings. The summed E-state index contributed by atoms with van der Waals surface area (Å²) in [5.74, 6) is 0.0274. The van der Waals surface area contributed by atoms with E-state index in [0.29, 0.717) is 29.2 Å². The van der Waals surface area contributed by atoms with Gasteiger partial charge in [0.05, 0.1) is 5.56 Å². The van der Waals surface area contributed by atoms with Gasteiger partial charge in [-0.3, -0.25) is 4.79 Å². The van der Waals surface area contributed by atoms with Gasteiger partial charge in [0.2, 0.25) is 0 Å².